The zero-order valence-corrected chi connectivity index (χ0v) is 11.9. The number of hydrogen-bond donors (Lipinski definition) is 2. The van der Waals surface area contributed by atoms with Gasteiger partial charge in [-0.3, -0.25) is 4.79 Å². The predicted molar refractivity (Wildman–Crippen MR) is 75.1 cm³/mol. The normalized spacial score (nSPS) is 11.9. The number of nitrogens with two attached hydrogens (primary N) is 1. The first-order chi connectivity index (χ1) is 8.25. The average molecular weight is 252 g/mol. The van der Waals surface area contributed by atoms with E-state index in [0.717, 1.165) is 12.4 Å². The van der Waals surface area contributed by atoms with Crippen molar-refractivity contribution in [1.82, 2.24) is 9.97 Å². The second kappa shape index (κ2) is 5.52. The molecule has 0 aliphatic carbocycles. The van der Waals surface area contributed by atoms with Crippen molar-refractivity contribution in [2.24, 2.45) is 11.1 Å². The van der Waals surface area contributed by atoms with Crippen molar-refractivity contribution < 1.29 is 0 Å². The molecule has 0 atom stereocenters. The fourth-order valence-electron chi connectivity index (χ4n) is 1.72. The highest BCUT2D eigenvalue weighted by atomic mass is 16.1. The highest BCUT2D eigenvalue weighted by Gasteiger charge is 2.19. The van der Waals surface area contributed by atoms with Crippen LogP contribution in [0.1, 0.15) is 39.4 Å². The molecule has 0 radical (unpaired) electrons. The summed E-state index contributed by atoms with van der Waals surface area (Å²) in [5.41, 5.74) is 5.61. The Kier molecular flexibility index (Phi) is 4.51. The van der Waals surface area contributed by atoms with Crippen LogP contribution in [0.4, 0.5) is 5.82 Å². The van der Waals surface area contributed by atoms with Crippen molar-refractivity contribution in [3.8, 4) is 0 Å². The van der Waals surface area contributed by atoms with Gasteiger partial charge in [0.2, 0.25) is 0 Å². The van der Waals surface area contributed by atoms with E-state index in [0.29, 0.717) is 12.4 Å². The first-order valence-corrected chi connectivity index (χ1v) is 6.27. The van der Waals surface area contributed by atoms with E-state index >= 15 is 0 Å². The number of H-pyrrole nitrogens is 1. The lowest BCUT2D eigenvalue weighted by atomic mass is 9.93. The number of aromatic amines is 1. The molecule has 1 aromatic rings. The topological polar surface area (TPSA) is 75.0 Å². The van der Waals surface area contributed by atoms with Gasteiger partial charge in [0.05, 0.1) is 0 Å². The molecular weight excluding hydrogens is 228 g/mol. The maximum Gasteiger partial charge on any atom is 0.252 e. The molecule has 1 heterocycles. The summed E-state index contributed by atoms with van der Waals surface area (Å²) in [6.07, 6.45) is 0. The van der Waals surface area contributed by atoms with Gasteiger partial charge < -0.3 is 15.6 Å². The van der Waals surface area contributed by atoms with E-state index in [1.807, 2.05) is 25.8 Å². The van der Waals surface area contributed by atoms with Crippen molar-refractivity contribution in [3.05, 3.63) is 22.2 Å². The molecular formula is C13H24N4O. The molecule has 0 unspecified atom stereocenters. The molecule has 3 N–H and O–H groups in total. The zero-order valence-electron chi connectivity index (χ0n) is 11.9. The summed E-state index contributed by atoms with van der Waals surface area (Å²) in [7, 11) is 1.93. The minimum absolute atomic E-state index is 0.00295. The fourth-order valence-corrected chi connectivity index (χ4v) is 1.72. The molecule has 0 aromatic carbocycles. The summed E-state index contributed by atoms with van der Waals surface area (Å²) >= 11 is 0. The predicted octanol–water partition coefficient (Wildman–Crippen LogP) is 1.31. The summed E-state index contributed by atoms with van der Waals surface area (Å²) < 4.78 is 0. The van der Waals surface area contributed by atoms with Crippen molar-refractivity contribution in [3.63, 3.8) is 0 Å². The SMILES string of the molecule is CC(C)c1nc(N(C)CC(C)(C)CN)cc(=O)[nH]1. The average Bonchev–Trinajstić information content (AvgIpc) is 2.27. The Bertz CT molecular complexity index is 451. The van der Waals surface area contributed by atoms with E-state index in [1.54, 1.807) is 0 Å². The Morgan fingerprint density at radius 1 is 1.50 bits per heavy atom. The standard InChI is InChI=1S/C13H24N4O/c1-9(2)12-15-10(6-11(18)16-12)17(5)8-13(3,4)7-14/h6,9H,7-8,14H2,1-5H3,(H,15,16,18). The largest absolute Gasteiger partial charge is 0.359 e. The Labute approximate surface area is 108 Å². The van der Waals surface area contributed by atoms with Gasteiger partial charge in [0.1, 0.15) is 11.6 Å². The molecule has 18 heavy (non-hydrogen) atoms. The highest BCUT2D eigenvalue weighted by Crippen LogP contribution is 2.18. The Balaban J connectivity index is 2.99. The van der Waals surface area contributed by atoms with Crippen LogP contribution >= 0.6 is 0 Å². The van der Waals surface area contributed by atoms with Gasteiger partial charge in [-0.2, -0.15) is 0 Å². The Morgan fingerprint density at radius 3 is 2.61 bits per heavy atom. The number of rotatable bonds is 5. The van der Waals surface area contributed by atoms with Crippen LogP contribution in [0, 0.1) is 5.41 Å². The van der Waals surface area contributed by atoms with Crippen LogP contribution in [0.15, 0.2) is 10.9 Å². The molecule has 1 aromatic heterocycles. The summed E-state index contributed by atoms with van der Waals surface area (Å²) in [4.78, 5) is 20.8. The number of nitrogens with zero attached hydrogens (tertiary/aromatic N) is 2. The molecule has 1 rings (SSSR count). The summed E-state index contributed by atoms with van der Waals surface area (Å²) in [5.74, 6) is 1.62. The lowest BCUT2D eigenvalue weighted by Gasteiger charge is -2.29. The third-order valence-electron chi connectivity index (χ3n) is 2.90. The van der Waals surface area contributed by atoms with Gasteiger partial charge in [0.15, 0.2) is 0 Å². The maximum atomic E-state index is 11.6. The second-order valence-electron chi connectivity index (χ2n) is 5.87. The highest BCUT2D eigenvalue weighted by molar-refractivity contribution is 5.36. The lowest BCUT2D eigenvalue weighted by Crippen LogP contribution is -2.37. The fraction of sp³-hybridized carbons (Fsp3) is 0.692. The second-order valence-corrected chi connectivity index (χ2v) is 5.87. The van der Waals surface area contributed by atoms with E-state index in [1.165, 1.54) is 6.07 Å². The van der Waals surface area contributed by atoms with Crippen molar-refractivity contribution in [1.29, 1.82) is 0 Å². The van der Waals surface area contributed by atoms with E-state index in [2.05, 4.69) is 23.8 Å². The minimum atomic E-state index is -0.110. The maximum absolute atomic E-state index is 11.6. The van der Waals surface area contributed by atoms with E-state index < -0.39 is 0 Å². The molecule has 0 amide bonds. The number of hydrogen-bond acceptors (Lipinski definition) is 4. The van der Waals surface area contributed by atoms with Crippen LogP contribution < -0.4 is 16.2 Å². The van der Waals surface area contributed by atoms with Gasteiger partial charge in [-0.05, 0) is 12.0 Å². The minimum Gasteiger partial charge on any atom is -0.359 e. The van der Waals surface area contributed by atoms with Crippen LogP contribution in [-0.4, -0.2) is 30.1 Å². The monoisotopic (exact) mass is 252 g/mol. The van der Waals surface area contributed by atoms with Crippen LogP contribution in [0.25, 0.3) is 0 Å². The quantitative estimate of drug-likeness (QED) is 0.828. The molecule has 5 heteroatoms. The van der Waals surface area contributed by atoms with Gasteiger partial charge in [0, 0.05) is 25.6 Å². The first-order valence-electron chi connectivity index (χ1n) is 6.27. The molecule has 102 valence electrons. The zero-order chi connectivity index (χ0) is 13.9. The third-order valence-corrected chi connectivity index (χ3v) is 2.90. The molecule has 0 aliphatic rings. The summed E-state index contributed by atoms with van der Waals surface area (Å²) in [6.45, 7) is 9.56. The van der Waals surface area contributed by atoms with E-state index in [9.17, 15) is 4.79 Å². The smallest absolute Gasteiger partial charge is 0.252 e. The van der Waals surface area contributed by atoms with Gasteiger partial charge in [0.25, 0.3) is 5.56 Å². The van der Waals surface area contributed by atoms with Crippen LogP contribution in [0.2, 0.25) is 0 Å². The van der Waals surface area contributed by atoms with Gasteiger partial charge in [-0.1, -0.05) is 27.7 Å². The van der Waals surface area contributed by atoms with Crippen molar-refractivity contribution in [2.45, 2.75) is 33.6 Å². The Hall–Kier alpha value is -1.36. The van der Waals surface area contributed by atoms with Gasteiger partial charge >= 0.3 is 0 Å². The molecule has 0 bridgehead atoms. The number of nitrogens with one attached hydrogen (secondary N) is 1. The summed E-state index contributed by atoms with van der Waals surface area (Å²) in [5, 5.41) is 0. The number of aromatic nitrogens is 2. The van der Waals surface area contributed by atoms with Crippen molar-refractivity contribution in [2.75, 3.05) is 25.0 Å². The number of anilines is 1. The van der Waals surface area contributed by atoms with Crippen molar-refractivity contribution >= 4 is 5.82 Å². The van der Waals surface area contributed by atoms with E-state index in [4.69, 9.17) is 5.73 Å². The third kappa shape index (κ3) is 3.84. The molecule has 0 fully saturated rings. The first kappa shape index (κ1) is 14.7. The van der Waals surface area contributed by atoms with Gasteiger partial charge in [-0.15, -0.1) is 0 Å². The van der Waals surface area contributed by atoms with E-state index in [-0.39, 0.29) is 16.9 Å². The molecule has 0 saturated heterocycles. The summed E-state index contributed by atoms with van der Waals surface area (Å²) in [6, 6.07) is 1.53. The molecule has 5 nitrogen and oxygen atoms in total. The van der Waals surface area contributed by atoms with Crippen LogP contribution in [-0.2, 0) is 0 Å². The van der Waals surface area contributed by atoms with Gasteiger partial charge in [-0.25, -0.2) is 4.98 Å². The van der Waals surface area contributed by atoms with Crippen LogP contribution in [0.5, 0.6) is 0 Å². The van der Waals surface area contributed by atoms with Crippen LogP contribution in [0.3, 0.4) is 0 Å². The molecule has 0 saturated carbocycles. The molecule has 0 spiro atoms. The molecule has 0 aliphatic heterocycles. The lowest BCUT2D eigenvalue weighted by molar-refractivity contribution is 0.384. The Morgan fingerprint density at radius 2 is 2.11 bits per heavy atom.